The lowest BCUT2D eigenvalue weighted by Crippen LogP contribution is -2.44. The maximum atomic E-state index is 12.0. The minimum atomic E-state index is -1.11. The summed E-state index contributed by atoms with van der Waals surface area (Å²) in [6.07, 6.45) is 0.187. The third-order valence-corrected chi connectivity index (χ3v) is 3.34. The van der Waals surface area contributed by atoms with Crippen LogP contribution in [0.1, 0.15) is 11.1 Å². The van der Waals surface area contributed by atoms with Crippen molar-refractivity contribution in [1.82, 2.24) is 5.32 Å². The van der Waals surface area contributed by atoms with Gasteiger partial charge < -0.3 is 21.5 Å². The lowest BCUT2D eigenvalue weighted by molar-refractivity contribution is -0.139. The van der Waals surface area contributed by atoms with Crippen LogP contribution in [0.15, 0.2) is 54.6 Å². The Morgan fingerprint density at radius 1 is 1.08 bits per heavy atom. The Hall–Kier alpha value is -3.35. The molecule has 2 rings (SSSR count). The fourth-order valence-corrected chi connectivity index (χ4v) is 2.11. The van der Waals surface area contributed by atoms with E-state index in [-0.39, 0.29) is 12.3 Å². The first-order valence-corrected chi connectivity index (χ1v) is 7.24. The summed E-state index contributed by atoms with van der Waals surface area (Å²) in [4.78, 5) is 23.3. The van der Waals surface area contributed by atoms with Crippen LogP contribution in [0.25, 0.3) is 0 Å². The van der Waals surface area contributed by atoms with Gasteiger partial charge in [-0.2, -0.15) is 0 Å². The molecular weight excluding hydrogens is 308 g/mol. The summed E-state index contributed by atoms with van der Waals surface area (Å²) in [6, 6.07) is 13.8. The van der Waals surface area contributed by atoms with Gasteiger partial charge in [0, 0.05) is 17.7 Å². The zero-order valence-corrected chi connectivity index (χ0v) is 12.8. The predicted octanol–water partition coefficient (Wildman–Crippen LogP) is 1.79. The second kappa shape index (κ2) is 7.77. The molecule has 2 aromatic carbocycles. The maximum Gasteiger partial charge on any atom is 0.326 e. The highest BCUT2D eigenvalue weighted by atomic mass is 16.4. The second-order valence-electron chi connectivity index (χ2n) is 5.17. The number of amidine groups is 1. The van der Waals surface area contributed by atoms with Gasteiger partial charge in [-0.25, -0.2) is 9.59 Å². The second-order valence-corrected chi connectivity index (χ2v) is 5.17. The highest BCUT2D eigenvalue weighted by Gasteiger charge is 2.20. The van der Waals surface area contributed by atoms with E-state index in [1.54, 1.807) is 36.4 Å². The number of anilines is 1. The van der Waals surface area contributed by atoms with Crippen molar-refractivity contribution >= 4 is 23.5 Å². The highest BCUT2D eigenvalue weighted by molar-refractivity contribution is 5.96. The van der Waals surface area contributed by atoms with E-state index in [1.165, 1.54) is 0 Å². The third-order valence-electron chi connectivity index (χ3n) is 3.34. The van der Waals surface area contributed by atoms with E-state index >= 15 is 0 Å². The number of carbonyl (C=O) groups is 2. The molecule has 0 bridgehead atoms. The lowest BCUT2D eigenvalue weighted by atomic mass is 10.1. The number of nitrogens with one attached hydrogen (secondary N) is 3. The summed E-state index contributed by atoms with van der Waals surface area (Å²) in [7, 11) is 0. The monoisotopic (exact) mass is 326 g/mol. The molecule has 7 heteroatoms. The molecule has 0 aliphatic carbocycles. The molecule has 24 heavy (non-hydrogen) atoms. The third kappa shape index (κ3) is 4.84. The van der Waals surface area contributed by atoms with E-state index in [0.29, 0.717) is 11.3 Å². The molecule has 124 valence electrons. The zero-order chi connectivity index (χ0) is 17.5. The van der Waals surface area contributed by atoms with Gasteiger partial charge in [-0.3, -0.25) is 5.41 Å². The number of carboxylic acid groups (broad SMARTS) is 1. The molecule has 1 unspecified atom stereocenters. The molecule has 6 N–H and O–H groups in total. The van der Waals surface area contributed by atoms with Crippen LogP contribution in [0, 0.1) is 5.41 Å². The van der Waals surface area contributed by atoms with Crippen LogP contribution in [-0.4, -0.2) is 29.0 Å². The molecular formula is C17H18N4O3. The first-order valence-electron chi connectivity index (χ1n) is 7.24. The lowest BCUT2D eigenvalue weighted by Gasteiger charge is -2.15. The molecule has 2 amide bonds. The minimum Gasteiger partial charge on any atom is -0.480 e. The smallest absolute Gasteiger partial charge is 0.326 e. The SMILES string of the molecule is N=C(N)c1ccc(NC(=O)NC(Cc2ccccc2)C(=O)O)cc1. The Morgan fingerprint density at radius 3 is 2.25 bits per heavy atom. The largest absolute Gasteiger partial charge is 0.480 e. The van der Waals surface area contributed by atoms with Gasteiger partial charge in [-0.05, 0) is 29.8 Å². The fourth-order valence-electron chi connectivity index (χ4n) is 2.11. The van der Waals surface area contributed by atoms with Crippen LogP contribution in [0.2, 0.25) is 0 Å². The van der Waals surface area contributed by atoms with Crippen LogP contribution in [0.4, 0.5) is 10.5 Å². The van der Waals surface area contributed by atoms with Gasteiger partial charge in [0.05, 0.1) is 0 Å². The number of hydrogen-bond acceptors (Lipinski definition) is 3. The number of nitrogen functional groups attached to an aromatic ring is 1. The molecule has 0 aromatic heterocycles. The molecule has 0 spiro atoms. The summed E-state index contributed by atoms with van der Waals surface area (Å²) in [5.74, 6) is -1.18. The first kappa shape index (κ1) is 17.0. The average molecular weight is 326 g/mol. The summed E-state index contributed by atoms with van der Waals surface area (Å²) in [5.41, 5.74) is 7.18. The maximum absolute atomic E-state index is 12.0. The van der Waals surface area contributed by atoms with Crippen molar-refractivity contribution in [2.75, 3.05) is 5.32 Å². The van der Waals surface area contributed by atoms with Crippen molar-refractivity contribution in [3.8, 4) is 0 Å². The standard InChI is InChI=1S/C17H18N4O3/c18-15(19)12-6-8-13(9-7-12)20-17(24)21-14(16(22)23)10-11-4-2-1-3-5-11/h1-9,14H,10H2,(H3,18,19)(H,22,23)(H2,20,21,24). The van der Waals surface area contributed by atoms with Crippen LogP contribution in [-0.2, 0) is 11.2 Å². The quantitative estimate of drug-likeness (QED) is 0.409. The van der Waals surface area contributed by atoms with Crippen molar-refractivity contribution in [2.45, 2.75) is 12.5 Å². The molecule has 0 aliphatic heterocycles. The van der Waals surface area contributed by atoms with Gasteiger partial charge in [0.1, 0.15) is 11.9 Å². The van der Waals surface area contributed by atoms with Crippen molar-refractivity contribution in [2.24, 2.45) is 5.73 Å². The van der Waals surface area contributed by atoms with Crippen molar-refractivity contribution < 1.29 is 14.7 Å². The van der Waals surface area contributed by atoms with E-state index in [0.717, 1.165) is 5.56 Å². The predicted molar refractivity (Wildman–Crippen MR) is 91.2 cm³/mol. The Bertz CT molecular complexity index is 729. The van der Waals surface area contributed by atoms with Gasteiger partial charge in [0.2, 0.25) is 0 Å². The Morgan fingerprint density at radius 2 is 1.71 bits per heavy atom. The van der Waals surface area contributed by atoms with E-state index in [1.807, 2.05) is 18.2 Å². The number of carboxylic acids is 1. The highest BCUT2D eigenvalue weighted by Crippen LogP contribution is 2.09. The van der Waals surface area contributed by atoms with Crippen molar-refractivity contribution in [3.05, 3.63) is 65.7 Å². The molecule has 0 fully saturated rings. The van der Waals surface area contributed by atoms with Crippen LogP contribution < -0.4 is 16.4 Å². The summed E-state index contributed by atoms with van der Waals surface area (Å²) in [5, 5.41) is 21.6. The number of nitrogens with two attached hydrogens (primary N) is 1. The molecule has 2 aromatic rings. The number of rotatable bonds is 6. The Balaban J connectivity index is 1.97. The molecule has 0 aliphatic rings. The number of hydrogen-bond donors (Lipinski definition) is 5. The number of amides is 2. The Labute approximate surface area is 139 Å². The van der Waals surface area contributed by atoms with Crippen LogP contribution in [0.5, 0.6) is 0 Å². The van der Waals surface area contributed by atoms with Gasteiger partial charge in [-0.1, -0.05) is 30.3 Å². The average Bonchev–Trinajstić information content (AvgIpc) is 2.55. The normalized spacial score (nSPS) is 11.3. The van der Waals surface area contributed by atoms with E-state index in [4.69, 9.17) is 11.1 Å². The summed E-state index contributed by atoms with van der Waals surface area (Å²) in [6.45, 7) is 0. The van der Waals surface area contributed by atoms with Gasteiger partial charge in [0.15, 0.2) is 0 Å². The summed E-state index contributed by atoms with van der Waals surface area (Å²) >= 11 is 0. The number of carbonyl (C=O) groups excluding carboxylic acids is 1. The minimum absolute atomic E-state index is 0.0696. The van der Waals surface area contributed by atoms with Crippen molar-refractivity contribution in [1.29, 1.82) is 5.41 Å². The number of benzene rings is 2. The van der Waals surface area contributed by atoms with Gasteiger partial charge >= 0.3 is 12.0 Å². The van der Waals surface area contributed by atoms with Crippen molar-refractivity contribution in [3.63, 3.8) is 0 Å². The molecule has 0 saturated carbocycles. The van der Waals surface area contributed by atoms with Gasteiger partial charge in [-0.15, -0.1) is 0 Å². The first-order chi connectivity index (χ1) is 11.5. The van der Waals surface area contributed by atoms with Crippen LogP contribution in [0.3, 0.4) is 0 Å². The summed E-state index contributed by atoms with van der Waals surface area (Å²) < 4.78 is 0. The topological polar surface area (TPSA) is 128 Å². The number of aliphatic carboxylic acids is 1. The molecule has 0 saturated heterocycles. The molecule has 1 atom stereocenters. The Kier molecular flexibility index (Phi) is 5.51. The van der Waals surface area contributed by atoms with Crippen LogP contribution >= 0.6 is 0 Å². The van der Waals surface area contributed by atoms with E-state index in [2.05, 4.69) is 10.6 Å². The fraction of sp³-hybridized carbons (Fsp3) is 0.118. The molecule has 0 heterocycles. The number of urea groups is 1. The molecule has 7 nitrogen and oxygen atoms in total. The van der Waals surface area contributed by atoms with E-state index < -0.39 is 18.0 Å². The zero-order valence-electron chi connectivity index (χ0n) is 12.8. The molecule has 0 radical (unpaired) electrons. The van der Waals surface area contributed by atoms with E-state index in [9.17, 15) is 14.7 Å². The van der Waals surface area contributed by atoms with Gasteiger partial charge in [0.25, 0.3) is 0 Å².